The molecule has 8 heteroatoms. The van der Waals surface area contributed by atoms with Gasteiger partial charge in [-0.15, -0.1) is 0 Å². The largest absolute Gasteiger partial charge is 0.308 e. The van der Waals surface area contributed by atoms with E-state index in [-0.39, 0.29) is 0 Å². The van der Waals surface area contributed by atoms with E-state index in [1.807, 2.05) is 0 Å². The van der Waals surface area contributed by atoms with Crippen LogP contribution in [0.25, 0.3) is 0 Å². The van der Waals surface area contributed by atoms with E-state index >= 15 is 0 Å². The Kier molecular flexibility index (Phi) is 11.1. The number of rotatable bonds is 6. The summed E-state index contributed by atoms with van der Waals surface area (Å²) < 4.78 is 0. The van der Waals surface area contributed by atoms with Gasteiger partial charge in [0.1, 0.15) is 0 Å². The van der Waals surface area contributed by atoms with Gasteiger partial charge in [0.2, 0.25) is 0 Å². The number of piperidine rings is 8. The molecular formula is C50H86N8. The van der Waals surface area contributed by atoms with Gasteiger partial charge in [0.15, 0.2) is 0 Å². The maximum absolute atomic E-state index is 4.65. The Bertz CT molecular complexity index is 1320. The van der Waals surface area contributed by atoms with Crippen LogP contribution in [0, 0.1) is 76.9 Å². The van der Waals surface area contributed by atoms with Crippen molar-refractivity contribution in [3.63, 3.8) is 0 Å². The lowest BCUT2D eigenvalue weighted by molar-refractivity contribution is -0.0850. The smallest absolute Gasteiger partial charge is 0.0606 e. The molecule has 8 aliphatic heterocycles. The lowest BCUT2D eigenvalue weighted by Gasteiger charge is -2.64. The van der Waals surface area contributed by atoms with Crippen LogP contribution in [0.4, 0.5) is 0 Å². The summed E-state index contributed by atoms with van der Waals surface area (Å²) in [5, 5.41) is 35.1. The predicted molar refractivity (Wildman–Crippen MR) is 235 cm³/mol. The molecule has 4 saturated carbocycles. The summed E-state index contributed by atoms with van der Waals surface area (Å²) in [7, 11) is 0. The van der Waals surface area contributed by atoms with Crippen LogP contribution in [0.1, 0.15) is 155 Å². The fourth-order valence-corrected chi connectivity index (χ4v) is 18.8. The fourth-order valence-electron chi connectivity index (χ4n) is 18.8. The molecule has 0 aromatic rings. The van der Waals surface area contributed by atoms with E-state index < -0.39 is 0 Å². The number of unbranched alkanes of at least 4 members (excludes halogenated alkanes) is 2. The molecule has 0 aromatic heterocycles. The Labute approximate surface area is 353 Å². The first-order valence-electron chi connectivity index (χ1n) is 26.7. The van der Waals surface area contributed by atoms with Crippen molar-refractivity contribution in [1.29, 1.82) is 0 Å². The first-order valence-corrected chi connectivity index (χ1v) is 26.7. The molecule has 8 heterocycles. The average molecular weight is 799 g/mol. The van der Waals surface area contributed by atoms with Crippen molar-refractivity contribution in [2.75, 3.05) is 13.1 Å². The molecule has 0 radical (unpaired) electrons. The van der Waals surface area contributed by atoms with Gasteiger partial charge in [-0.05, 0) is 206 Å². The van der Waals surface area contributed by atoms with Gasteiger partial charge < -0.3 is 21.3 Å². The van der Waals surface area contributed by atoms with E-state index in [1.165, 1.54) is 154 Å². The summed E-state index contributed by atoms with van der Waals surface area (Å²) in [4.78, 5) is 0. The van der Waals surface area contributed by atoms with Crippen molar-refractivity contribution in [3.8, 4) is 0 Å². The highest BCUT2D eigenvalue weighted by atomic mass is 15.3. The van der Waals surface area contributed by atoms with Crippen LogP contribution in [-0.4, -0.2) is 79.9 Å². The third kappa shape index (κ3) is 6.70. The van der Waals surface area contributed by atoms with E-state index in [0.717, 1.165) is 76.9 Å². The summed E-state index contributed by atoms with van der Waals surface area (Å²) in [5.74, 6) is 11.2. The third-order valence-electron chi connectivity index (χ3n) is 21.2. The third-order valence-corrected chi connectivity index (χ3v) is 21.2. The summed E-state index contributed by atoms with van der Waals surface area (Å²) in [6, 6.07) is 5.14. The second kappa shape index (κ2) is 16.3. The molecule has 8 N–H and O–H groups in total. The standard InChI is InChI=1S/C50H86N8/c1-3-5-11-34-36-17-13-27-23-31-9-7-21-51-48(31)55-40(27)44(36)53-46-38(34)19-15-29-25-33-26-30-16-20-39-35(12-6-4-2)37-18-14-28-24-32-10-8-22-52-49(32)56-41(28)45(37)54-47(39)43(30)58-50(33)57-42(29)46/h27-58H,3-26H2,1-2H3. The van der Waals surface area contributed by atoms with Crippen LogP contribution >= 0.6 is 0 Å². The zero-order chi connectivity index (χ0) is 38.5. The van der Waals surface area contributed by atoms with Crippen LogP contribution in [0.5, 0.6) is 0 Å². The molecule has 4 aliphatic carbocycles. The Morgan fingerprint density at radius 1 is 0.345 bits per heavy atom. The van der Waals surface area contributed by atoms with E-state index in [4.69, 9.17) is 0 Å². The quantitative estimate of drug-likeness (QED) is 0.156. The molecule has 12 fully saturated rings. The van der Waals surface area contributed by atoms with Crippen LogP contribution in [0.2, 0.25) is 0 Å². The molecule has 0 spiro atoms. The van der Waals surface area contributed by atoms with Crippen molar-refractivity contribution in [2.45, 2.75) is 222 Å². The van der Waals surface area contributed by atoms with Crippen molar-refractivity contribution < 1.29 is 0 Å². The number of hydrogen-bond donors (Lipinski definition) is 8. The highest BCUT2D eigenvalue weighted by Crippen LogP contribution is 2.55. The van der Waals surface area contributed by atoms with Crippen LogP contribution in [-0.2, 0) is 0 Å². The number of hydrogen-bond acceptors (Lipinski definition) is 8. The van der Waals surface area contributed by atoms with Gasteiger partial charge >= 0.3 is 0 Å². The lowest BCUT2D eigenvalue weighted by atomic mass is 9.53. The van der Waals surface area contributed by atoms with Crippen molar-refractivity contribution >= 4 is 0 Å². The monoisotopic (exact) mass is 799 g/mol. The molecule has 0 amide bonds. The Balaban J connectivity index is 0.794. The van der Waals surface area contributed by atoms with Crippen molar-refractivity contribution in [2.24, 2.45) is 76.9 Å². The highest BCUT2D eigenvalue weighted by molar-refractivity contribution is 5.17. The first kappa shape index (κ1) is 39.3. The summed E-state index contributed by atoms with van der Waals surface area (Å²) >= 11 is 0. The zero-order valence-corrected chi connectivity index (χ0v) is 36.8. The summed E-state index contributed by atoms with van der Waals surface area (Å²) in [6.45, 7) is 7.29. The molecule has 8 nitrogen and oxygen atoms in total. The highest BCUT2D eigenvalue weighted by Gasteiger charge is 2.60. The number of fused-ring (bicyclic) bond motifs is 15. The summed E-state index contributed by atoms with van der Waals surface area (Å²) in [5.41, 5.74) is 0. The van der Waals surface area contributed by atoms with E-state index in [0.29, 0.717) is 66.8 Å². The Morgan fingerprint density at radius 3 is 1.09 bits per heavy atom. The van der Waals surface area contributed by atoms with Gasteiger partial charge in [0, 0.05) is 48.3 Å². The molecule has 0 bridgehead atoms. The Morgan fingerprint density at radius 2 is 0.707 bits per heavy atom. The molecular weight excluding hydrogens is 713 g/mol. The van der Waals surface area contributed by atoms with Crippen molar-refractivity contribution in [1.82, 2.24) is 42.5 Å². The molecule has 0 aromatic carbocycles. The van der Waals surface area contributed by atoms with Gasteiger partial charge in [0.25, 0.3) is 0 Å². The Hall–Kier alpha value is -0.320. The zero-order valence-electron chi connectivity index (χ0n) is 36.8. The molecule has 12 aliphatic rings. The lowest BCUT2D eigenvalue weighted by Crippen LogP contribution is -2.79. The topological polar surface area (TPSA) is 96.2 Å². The van der Waals surface area contributed by atoms with Crippen LogP contribution in [0.15, 0.2) is 0 Å². The molecule has 12 rings (SSSR count). The fraction of sp³-hybridized carbons (Fsp3) is 1.00. The van der Waals surface area contributed by atoms with E-state index in [1.54, 1.807) is 0 Å². The molecule has 326 valence electrons. The van der Waals surface area contributed by atoms with E-state index in [2.05, 4.69) is 56.4 Å². The van der Waals surface area contributed by atoms with Gasteiger partial charge in [-0.2, -0.15) is 0 Å². The molecule has 58 heavy (non-hydrogen) atoms. The minimum absolute atomic E-state index is 0.487. The maximum atomic E-state index is 4.65. The molecule has 22 unspecified atom stereocenters. The minimum Gasteiger partial charge on any atom is -0.308 e. The van der Waals surface area contributed by atoms with Crippen LogP contribution in [0.3, 0.4) is 0 Å². The van der Waals surface area contributed by atoms with Gasteiger partial charge in [-0.25, -0.2) is 0 Å². The normalized spacial score (nSPS) is 56.8. The van der Waals surface area contributed by atoms with Gasteiger partial charge in [-0.3, -0.25) is 21.3 Å². The van der Waals surface area contributed by atoms with Crippen molar-refractivity contribution in [3.05, 3.63) is 0 Å². The van der Waals surface area contributed by atoms with E-state index in [9.17, 15) is 0 Å². The number of nitrogens with one attached hydrogen (secondary N) is 8. The predicted octanol–water partition coefficient (Wildman–Crippen LogP) is 6.43. The maximum Gasteiger partial charge on any atom is 0.0606 e. The second-order valence-corrected chi connectivity index (χ2v) is 23.7. The summed E-state index contributed by atoms with van der Waals surface area (Å²) in [6.07, 6.45) is 33.3. The van der Waals surface area contributed by atoms with Gasteiger partial charge in [-0.1, -0.05) is 39.5 Å². The van der Waals surface area contributed by atoms with Gasteiger partial charge in [0.05, 0.1) is 18.5 Å². The molecule has 22 atom stereocenters. The van der Waals surface area contributed by atoms with Crippen LogP contribution < -0.4 is 42.5 Å². The molecule has 8 saturated heterocycles. The minimum atomic E-state index is 0.487. The SMILES string of the molecule is CCCCC1C2CCC3CC4CCCNC4NC3C2NC2C1CCC1CC3CC4CCC5C(CCCC)C6CCC7CC8CCCNC8NC7C6NC5C4NC3NC12. The average Bonchev–Trinajstić information content (AvgIpc) is 3.26. The first-order chi connectivity index (χ1) is 28.6. The second-order valence-electron chi connectivity index (χ2n) is 23.7.